The number of sulfonamides is 1. The minimum Gasteiger partial charge on any atom is -0.321 e. The summed E-state index contributed by atoms with van der Waals surface area (Å²) in [5.41, 5.74) is 10.9. The Morgan fingerprint density at radius 2 is 2.07 bits per heavy atom. The molecule has 164 valence electrons. The van der Waals surface area contributed by atoms with Gasteiger partial charge < -0.3 is 11.2 Å². The number of nitrogens with zero attached hydrogens (tertiary/aromatic N) is 2. The number of carbonyl (C=O) groups is 1. The number of hydrazone groups is 1. The van der Waals surface area contributed by atoms with E-state index in [0.717, 1.165) is 5.56 Å². The molecule has 2 aromatic rings. The molecule has 30 heavy (non-hydrogen) atoms. The first-order valence-electron chi connectivity index (χ1n) is 9.38. The smallest absolute Gasteiger partial charge is 0.263 e. The number of nitrogens with one attached hydrogen (secondary N) is 2. The quantitative estimate of drug-likeness (QED) is 0.193. The Morgan fingerprint density at radius 3 is 2.77 bits per heavy atom. The van der Waals surface area contributed by atoms with E-state index in [0.29, 0.717) is 35.5 Å². The summed E-state index contributed by atoms with van der Waals surface area (Å²) in [5, 5.41) is 6.09. The van der Waals surface area contributed by atoms with E-state index in [4.69, 9.17) is 10.6 Å². The largest absolute Gasteiger partial charge is 0.321 e. The molecule has 0 radical (unpaired) electrons. The zero-order chi connectivity index (χ0) is 22.1. The molecule has 1 aromatic heterocycles. The fourth-order valence-corrected chi connectivity index (χ4v) is 4.73. The van der Waals surface area contributed by atoms with Crippen LogP contribution in [0.5, 0.6) is 0 Å². The predicted octanol–water partition coefficient (Wildman–Crippen LogP) is 1.84. The third-order valence-corrected chi connectivity index (χ3v) is 6.73. The molecule has 2 rings (SSSR count). The van der Waals surface area contributed by atoms with Crippen LogP contribution in [-0.2, 0) is 14.9 Å². The molecule has 0 spiro atoms. The maximum atomic E-state index is 12.5. The summed E-state index contributed by atoms with van der Waals surface area (Å²) in [6.07, 6.45) is 4.13. The van der Waals surface area contributed by atoms with Crippen molar-refractivity contribution >= 4 is 33.4 Å². The highest BCUT2D eigenvalue weighted by Gasteiger charge is 2.20. The molecule has 1 heterocycles. The number of carbonyl (C=O) groups excluding carboxylic acids is 1. The highest BCUT2D eigenvalue weighted by molar-refractivity contribution is 7.89. The molecule has 1 atom stereocenters. The Labute approximate surface area is 180 Å². The summed E-state index contributed by atoms with van der Waals surface area (Å²) < 4.78 is 24.9. The lowest BCUT2D eigenvalue weighted by molar-refractivity contribution is 0.0956. The third-order valence-electron chi connectivity index (χ3n) is 4.43. The molecule has 0 aliphatic heterocycles. The minimum atomic E-state index is -3.79. The molecule has 0 saturated carbocycles. The summed E-state index contributed by atoms with van der Waals surface area (Å²) >= 11 is 1.27. The number of nitrogens with two attached hydrogens (primary N) is 1. The van der Waals surface area contributed by atoms with Gasteiger partial charge in [-0.1, -0.05) is 17.0 Å². The Balaban J connectivity index is 1.66. The molecule has 0 aliphatic rings. The summed E-state index contributed by atoms with van der Waals surface area (Å²) in [5.74, 6) is -0.159. The number of hydrogen-bond acceptors (Lipinski definition) is 9. The van der Waals surface area contributed by atoms with Gasteiger partial charge in [-0.2, -0.15) is 5.10 Å². The SMILES string of the molecule is Cc1ccc(C)c(S(=O)(=O)NOCC=NNCCC[C@H](N)C(=O)c2nccs2)c1C. The monoisotopic (exact) mass is 453 g/mol. The zero-order valence-corrected chi connectivity index (χ0v) is 18.8. The van der Waals surface area contributed by atoms with Gasteiger partial charge in [-0.25, -0.2) is 13.4 Å². The number of Topliss-reactive ketones (excluding diaryl/α,β-unsaturated/α-hetero) is 1. The lowest BCUT2D eigenvalue weighted by atomic mass is 10.1. The molecule has 0 bridgehead atoms. The Kier molecular flexibility index (Phi) is 9.06. The van der Waals surface area contributed by atoms with Crippen molar-refractivity contribution in [3.63, 3.8) is 0 Å². The van der Waals surface area contributed by atoms with E-state index in [9.17, 15) is 13.2 Å². The van der Waals surface area contributed by atoms with Crippen LogP contribution >= 0.6 is 11.3 Å². The standard InChI is InChI=1S/C19H27N5O4S2/c1-13-6-7-14(2)18(15(13)3)30(26,27)24-28-11-9-23-22-8-4-5-16(20)17(25)19-21-10-12-29-19/h6-7,9-10,12,16,22,24H,4-5,8,11,20H2,1-3H3/t16-/m0/s1. The summed E-state index contributed by atoms with van der Waals surface area (Å²) in [7, 11) is -3.79. The maximum absolute atomic E-state index is 12.5. The molecule has 1 aromatic carbocycles. The highest BCUT2D eigenvalue weighted by atomic mass is 32.2. The second-order valence-corrected chi connectivity index (χ2v) is 9.20. The van der Waals surface area contributed by atoms with Crippen molar-refractivity contribution in [2.24, 2.45) is 10.8 Å². The van der Waals surface area contributed by atoms with E-state index < -0.39 is 16.1 Å². The summed E-state index contributed by atoms with van der Waals surface area (Å²) in [4.78, 5) is 23.3. The van der Waals surface area contributed by atoms with E-state index in [1.54, 1.807) is 31.5 Å². The number of benzene rings is 1. The van der Waals surface area contributed by atoms with Crippen molar-refractivity contribution in [3.05, 3.63) is 45.4 Å². The molecule has 11 heteroatoms. The first-order valence-corrected chi connectivity index (χ1v) is 11.7. The predicted molar refractivity (Wildman–Crippen MR) is 117 cm³/mol. The number of hydrogen-bond donors (Lipinski definition) is 3. The van der Waals surface area contributed by atoms with Gasteiger partial charge in [0.2, 0.25) is 5.78 Å². The van der Waals surface area contributed by atoms with E-state index in [1.165, 1.54) is 17.6 Å². The molecule has 0 saturated heterocycles. The van der Waals surface area contributed by atoms with Gasteiger partial charge in [0.15, 0.2) is 5.01 Å². The van der Waals surface area contributed by atoms with Crippen LogP contribution in [0.4, 0.5) is 0 Å². The normalized spacial score (nSPS) is 12.9. The maximum Gasteiger partial charge on any atom is 0.263 e. The van der Waals surface area contributed by atoms with E-state index >= 15 is 0 Å². The third kappa shape index (κ3) is 6.67. The van der Waals surface area contributed by atoms with Gasteiger partial charge in [0.05, 0.1) is 17.2 Å². The van der Waals surface area contributed by atoms with Crippen LogP contribution in [0.15, 0.2) is 33.7 Å². The number of ketones is 1. The lowest BCUT2D eigenvalue weighted by Crippen LogP contribution is -2.31. The molecule has 0 amide bonds. The van der Waals surface area contributed by atoms with Crippen LogP contribution in [0.25, 0.3) is 0 Å². The fourth-order valence-electron chi connectivity index (χ4n) is 2.73. The van der Waals surface area contributed by atoms with Crippen molar-refractivity contribution in [2.75, 3.05) is 13.2 Å². The van der Waals surface area contributed by atoms with Gasteiger partial charge in [-0.3, -0.25) is 9.63 Å². The number of aryl methyl sites for hydroxylation is 2. The minimum absolute atomic E-state index is 0.0435. The molecular weight excluding hydrogens is 426 g/mol. The fraction of sp³-hybridized carbons (Fsp3) is 0.421. The molecule has 0 fully saturated rings. The van der Waals surface area contributed by atoms with Crippen LogP contribution in [0.1, 0.15) is 39.3 Å². The van der Waals surface area contributed by atoms with Crippen molar-refractivity contribution in [3.8, 4) is 0 Å². The van der Waals surface area contributed by atoms with Gasteiger partial charge in [-0.15, -0.1) is 11.3 Å². The molecule has 0 unspecified atom stereocenters. The first kappa shape index (κ1) is 24.1. The molecule has 0 aliphatic carbocycles. The van der Waals surface area contributed by atoms with Gasteiger partial charge in [0.1, 0.15) is 6.61 Å². The topological polar surface area (TPSA) is 136 Å². The zero-order valence-electron chi connectivity index (χ0n) is 17.2. The number of aromatic nitrogens is 1. The van der Waals surface area contributed by atoms with Gasteiger partial charge in [0.25, 0.3) is 10.0 Å². The van der Waals surface area contributed by atoms with Gasteiger partial charge in [-0.05, 0) is 50.3 Å². The second-order valence-electron chi connectivity index (χ2n) is 6.72. The van der Waals surface area contributed by atoms with Crippen molar-refractivity contribution in [1.82, 2.24) is 15.3 Å². The van der Waals surface area contributed by atoms with Crippen LogP contribution in [0.3, 0.4) is 0 Å². The first-order chi connectivity index (χ1) is 14.2. The average molecular weight is 454 g/mol. The van der Waals surface area contributed by atoms with Gasteiger partial charge >= 0.3 is 0 Å². The Morgan fingerprint density at radius 1 is 1.33 bits per heavy atom. The Hall–Kier alpha value is -2.18. The highest BCUT2D eigenvalue weighted by Crippen LogP contribution is 2.22. The molecule has 4 N–H and O–H groups in total. The van der Waals surface area contributed by atoms with Gasteiger partial charge in [0, 0.05) is 18.1 Å². The van der Waals surface area contributed by atoms with E-state index in [1.807, 2.05) is 13.0 Å². The Bertz CT molecular complexity index is 975. The molecule has 9 nitrogen and oxygen atoms in total. The van der Waals surface area contributed by atoms with Crippen molar-refractivity contribution in [2.45, 2.75) is 44.6 Å². The number of thiazole rings is 1. The van der Waals surface area contributed by atoms with Crippen molar-refractivity contribution in [1.29, 1.82) is 0 Å². The lowest BCUT2D eigenvalue weighted by Gasteiger charge is -2.13. The van der Waals surface area contributed by atoms with E-state index in [-0.39, 0.29) is 17.3 Å². The number of rotatable bonds is 12. The molecular formula is C19H27N5O4S2. The average Bonchev–Trinajstić information content (AvgIpc) is 3.23. The van der Waals surface area contributed by atoms with Crippen LogP contribution in [0, 0.1) is 20.8 Å². The van der Waals surface area contributed by atoms with Crippen LogP contribution < -0.4 is 16.0 Å². The van der Waals surface area contributed by atoms with E-state index in [2.05, 4.69) is 20.4 Å². The summed E-state index contributed by atoms with van der Waals surface area (Å²) in [6.45, 7) is 5.83. The van der Waals surface area contributed by atoms with Crippen molar-refractivity contribution < 1.29 is 18.0 Å². The van der Waals surface area contributed by atoms with Crippen LogP contribution in [-0.4, -0.2) is 44.6 Å². The summed E-state index contributed by atoms with van der Waals surface area (Å²) in [6, 6.07) is 3.05. The second kappa shape index (κ2) is 11.3. The van der Waals surface area contributed by atoms with Crippen LogP contribution in [0.2, 0.25) is 0 Å².